The molecule has 0 bridgehead atoms. The van der Waals surface area contributed by atoms with Gasteiger partial charge in [-0.3, -0.25) is 4.79 Å². The Hall–Kier alpha value is -2.10. The smallest absolute Gasteiger partial charge is 0.254 e. The number of carbonyl (C=O) groups excluding carboxylic acids is 1. The molecule has 1 amide bonds. The summed E-state index contributed by atoms with van der Waals surface area (Å²) in [6.07, 6.45) is 0.699. The van der Waals surface area contributed by atoms with Gasteiger partial charge in [0.2, 0.25) is 0 Å². The second-order valence-corrected chi connectivity index (χ2v) is 4.85. The molecule has 1 saturated heterocycles. The first-order valence-electron chi connectivity index (χ1n) is 6.78. The van der Waals surface area contributed by atoms with Crippen molar-refractivity contribution in [2.75, 3.05) is 33.5 Å². The lowest BCUT2D eigenvalue weighted by molar-refractivity contribution is -0.0104. The molecule has 112 valence electrons. The topological polar surface area (TPSA) is 82.8 Å². The van der Waals surface area contributed by atoms with Crippen molar-refractivity contribution in [1.29, 1.82) is 5.26 Å². The van der Waals surface area contributed by atoms with Gasteiger partial charge in [-0.15, -0.1) is 0 Å². The zero-order chi connectivity index (χ0) is 15.2. The zero-order valence-corrected chi connectivity index (χ0v) is 11.9. The van der Waals surface area contributed by atoms with Crippen LogP contribution in [0.2, 0.25) is 0 Å². The van der Waals surface area contributed by atoms with Crippen LogP contribution in [0.25, 0.3) is 0 Å². The van der Waals surface area contributed by atoms with Gasteiger partial charge in [-0.2, -0.15) is 5.26 Å². The molecule has 1 N–H and O–H groups in total. The minimum absolute atomic E-state index is 0.0380. The Morgan fingerprint density at radius 3 is 3.10 bits per heavy atom. The Morgan fingerprint density at radius 2 is 2.43 bits per heavy atom. The number of nitrogens with zero attached hydrogens (tertiary/aromatic N) is 2. The van der Waals surface area contributed by atoms with E-state index in [-0.39, 0.29) is 23.3 Å². The number of aromatic hydroxyl groups is 1. The van der Waals surface area contributed by atoms with E-state index in [9.17, 15) is 9.90 Å². The van der Waals surface area contributed by atoms with Crippen molar-refractivity contribution in [2.45, 2.75) is 12.5 Å². The minimum Gasteiger partial charge on any atom is -0.507 e. The number of ether oxygens (including phenoxy) is 2. The molecule has 2 rings (SSSR count). The molecule has 0 aromatic heterocycles. The summed E-state index contributed by atoms with van der Waals surface area (Å²) in [6, 6.07) is 6.18. The average molecular weight is 290 g/mol. The third kappa shape index (κ3) is 3.51. The molecule has 1 atom stereocenters. The molecular formula is C15H18N2O4. The molecule has 1 aliphatic rings. The van der Waals surface area contributed by atoms with Gasteiger partial charge in [-0.1, -0.05) is 0 Å². The molecule has 0 radical (unpaired) electrons. The number of hydrogen-bond donors (Lipinski definition) is 1. The number of carbonyl (C=O) groups is 1. The molecule has 1 aromatic rings. The maximum Gasteiger partial charge on any atom is 0.254 e. The van der Waals surface area contributed by atoms with Crippen LogP contribution in [0, 0.1) is 11.3 Å². The first-order chi connectivity index (χ1) is 10.2. The molecule has 0 spiro atoms. The summed E-state index contributed by atoms with van der Waals surface area (Å²) in [4.78, 5) is 14.3. The van der Waals surface area contributed by atoms with Gasteiger partial charge in [0.05, 0.1) is 24.8 Å². The van der Waals surface area contributed by atoms with Crippen LogP contribution >= 0.6 is 0 Å². The van der Waals surface area contributed by atoms with E-state index in [0.29, 0.717) is 38.3 Å². The van der Waals surface area contributed by atoms with Crippen LogP contribution in [0.1, 0.15) is 22.3 Å². The fourth-order valence-electron chi connectivity index (χ4n) is 2.34. The summed E-state index contributed by atoms with van der Waals surface area (Å²) in [5.41, 5.74) is 0.528. The second kappa shape index (κ2) is 7.07. The Balaban J connectivity index is 2.16. The molecule has 0 saturated carbocycles. The number of rotatable bonds is 4. The standard InChI is InChI=1S/C15H18N2O4/c1-20-6-4-13-10-21-7-5-17(13)15(19)11-2-3-12(9-16)14(18)8-11/h2-3,8,13,18H,4-7,10H2,1H3. The number of nitriles is 1. The molecule has 1 heterocycles. The van der Waals surface area contributed by atoms with Crippen molar-refractivity contribution in [3.8, 4) is 11.8 Å². The van der Waals surface area contributed by atoms with Crippen LogP contribution in [0.15, 0.2) is 18.2 Å². The van der Waals surface area contributed by atoms with E-state index in [1.54, 1.807) is 18.1 Å². The fraction of sp³-hybridized carbons (Fsp3) is 0.467. The summed E-state index contributed by atoms with van der Waals surface area (Å²) in [5.74, 6) is -0.343. The van der Waals surface area contributed by atoms with Gasteiger partial charge in [-0.05, 0) is 24.6 Å². The van der Waals surface area contributed by atoms with Gasteiger partial charge >= 0.3 is 0 Å². The second-order valence-electron chi connectivity index (χ2n) is 4.85. The minimum atomic E-state index is -0.176. The highest BCUT2D eigenvalue weighted by Gasteiger charge is 2.28. The highest BCUT2D eigenvalue weighted by molar-refractivity contribution is 5.95. The predicted molar refractivity (Wildman–Crippen MR) is 75.0 cm³/mol. The number of benzene rings is 1. The van der Waals surface area contributed by atoms with Crippen LogP contribution in [0.4, 0.5) is 0 Å². The summed E-state index contributed by atoms with van der Waals surface area (Å²) in [5, 5.41) is 18.5. The fourth-order valence-corrected chi connectivity index (χ4v) is 2.34. The Morgan fingerprint density at radius 1 is 1.62 bits per heavy atom. The van der Waals surface area contributed by atoms with E-state index in [4.69, 9.17) is 14.7 Å². The van der Waals surface area contributed by atoms with Gasteiger partial charge in [0.1, 0.15) is 11.8 Å². The lowest BCUT2D eigenvalue weighted by atomic mass is 10.1. The molecule has 0 aliphatic carbocycles. The molecule has 1 aromatic carbocycles. The number of phenolic OH excluding ortho intramolecular Hbond substituents is 1. The molecule has 6 nitrogen and oxygen atoms in total. The Labute approximate surface area is 123 Å². The van der Waals surface area contributed by atoms with Gasteiger partial charge in [0.25, 0.3) is 5.91 Å². The number of phenols is 1. The summed E-state index contributed by atoms with van der Waals surface area (Å²) in [6.45, 7) is 2.04. The van der Waals surface area contributed by atoms with Gasteiger partial charge in [-0.25, -0.2) is 0 Å². The highest BCUT2D eigenvalue weighted by atomic mass is 16.5. The van der Waals surface area contributed by atoms with Crippen LogP contribution in [0.5, 0.6) is 5.75 Å². The van der Waals surface area contributed by atoms with Crippen molar-refractivity contribution in [2.24, 2.45) is 0 Å². The van der Waals surface area contributed by atoms with Crippen molar-refractivity contribution < 1.29 is 19.4 Å². The van der Waals surface area contributed by atoms with E-state index in [0.717, 1.165) is 0 Å². The Bertz CT molecular complexity index is 553. The van der Waals surface area contributed by atoms with Gasteiger partial charge in [0, 0.05) is 25.8 Å². The number of hydrogen-bond acceptors (Lipinski definition) is 5. The van der Waals surface area contributed by atoms with Crippen molar-refractivity contribution in [3.63, 3.8) is 0 Å². The third-order valence-corrected chi connectivity index (χ3v) is 3.51. The summed E-state index contributed by atoms with van der Waals surface area (Å²) < 4.78 is 10.5. The third-order valence-electron chi connectivity index (χ3n) is 3.51. The van der Waals surface area contributed by atoms with E-state index < -0.39 is 0 Å². The van der Waals surface area contributed by atoms with Crippen LogP contribution in [-0.4, -0.2) is 55.4 Å². The molecular weight excluding hydrogens is 272 g/mol. The first-order valence-corrected chi connectivity index (χ1v) is 6.78. The van der Waals surface area contributed by atoms with E-state index >= 15 is 0 Å². The molecule has 21 heavy (non-hydrogen) atoms. The van der Waals surface area contributed by atoms with E-state index in [1.807, 2.05) is 6.07 Å². The van der Waals surface area contributed by atoms with Crippen LogP contribution in [0.3, 0.4) is 0 Å². The van der Waals surface area contributed by atoms with Crippen molar-refractivity contribution in [3.05, 3.63) is 29.3 Å². The van der Waals surface area contributed by atoms with E-state index in [2.05, 4.69) is 0 Å². The summed E-state index contributed by atoms with van der Waals surface area (Å²) >= 11 is 0. The molecule has 1 unspecified atom stereocenters. The summed E-state index contributed by atoms with van der Waals surface area (Å²) in [7, 11) is 1.62. The van der Waals surface area contributed by atoms with Crippen molar-refractivity contribution in [1.82, 2.24) is 4.90 Å². The average Bonchev–Trinajstić information content (AvgIpc) is 2.52. The van der Waals surface area contributed by atoms with Gasteiger partial charge in [0.15, 0.2) is 0 Å². The molecule has 1 aliphatic heterocycles. The SMILES string of the molecule is COCCC1COCCN1C(=O)c1ccc(C#N)c(O)c1. The number of amides is 1. The Kier molecular flexibility index (Phi) is 5.14. The lowest BCUT2D eigenvalue weighted by Crippen LogP contribution is -2.49. The van der Waals surface area contributed by atoms with Crippen LogP contribution < -0.4 is 0 Å². The number of morpholine rings is 1. The predicted octanol–water partition coefficient (Wildman–Crippen LogP) is 1.14. The monoisotopic (exact) mass is 290 g/mol. The van der Waals surface area contributed by atoms with Gasteiger partial charge < -0.3 is 19.5 Å². The number of methoxy groups -OCH3 is 1. The zero-order valence-electron chi connectivity index (χ0n) is 11.9. The lowest BCUT2D eigenvalue weighted by Gasteiger charge is -2.35. The quantitative estimate of drug-likeness (QED) is 0.899. The maximum absolute atomic E-state index is 12.6. The normalized spacial score (nSPS) is 18.3. The van der Waals surface area contributed by atoms with Crippen molar-refractivity contribution >= 4 is 5.91 Å². The molecule has 6 heteroatoms. The first kappa shape index (κ1) is 15.3. The molecule has 1 fully saturated rings. The maximum atomic E-state index is 12.6. The van der Waals surface area contributed by atoms with E-state index in [1.165, 1.54) is 12.1 Å². The highest BCUT2D eigenvalue weighted by Crippen LogP contribution is 2.21. The van der Waals surface area contributed by atoms with Crippen LogP contribution in [-0.2, 0) is 9.47 Å². The largest absolute Gasteiger partial charge is 0.507 e.